The van der Waals surface area contributed by atoms with Gasteiger partial charge in [-0.15, -0.1) is 0 Å². The van der Waals surface area contributed by atoms with E-state index in [1.807, 2.05) is 13.0 Å². The molecule has 1 amide bonds. The highest BCUT2D eigenvalue weighted by Crippen LogP contribution is 2.22. The monoisotopic (exact) mass is 610 g/mol. The van der Waals surface area contributed by atoms with Crippen LogP contribution in [0.1, 0.15) is 40.0 Å². The van der Waals surface area contributed by atoms with Gasteiger partial charge in [-0.1, -0.05) is 37.8 Å². The molecule has 0 aromatic heterocycles. The third-order valence-corrected chi connectivity index (χ3v) is 8.03. The highest BCUT2D eigenvalue weighted by atomic mass is 35.5. The molecule has 11 heteroatoms. The number of nitrogens with zero attached hydrogens (tertiary/aromatic N) is 3. The van der Waals surface area contributed by atoms with Crippen molar-refractivity contribution in [3.05, 3.63) is 35.9 Å². The molecule has 0 bridgehead atoms. The van der Waals surface area contributed by atoms with Gasteiger partial charge in [0.2, 0.25) is 0 Å². The maximum Gasteiger partial charge on any atom is 0.406 e. The highest BCUT2D eigenvalue weighted by Gasteiger charge is 2.28. The van der Waals surface area contributed by atoms with Crippen LogP contribution >= 0.6 is 11.6 Å². The molecule has 0 aliphatic carbocycles. The number of piperidine rings is 1. The van der Waals surface area contributed by atoms with Crippen molar-refractivity contribution in [2.45, 2.75) is 51.9 Å². The van der Waals surface area contributed by atoms with Crippen molar-refractivity contribution in [3.63, 3.8) is 0 Å². The van der Waals surface area contributed by atoms with Crippen LogP contribution in [0.2, 0.25) is 0 Å². The maximum atomic E-state index is 11.4. The number of aliphatic imine (C=N–C) groups is 1. The van der Waals surface area contributed by atoms with Crippen molar-refractivity contribution in [2.24, 2.45) is 16.8 Å². The quantitative estimate of drug-likeness (QED) is 0.176. The minimum absolute atomic E-state index is 0.171. The molecule has 0 radical (unpaired) electrons. The fourth-order valence-corrected chi connectivity index (χ4v) is 5.60. The molecule has 2 unspecified atom stereocenters. The van der Waals surface area contributed by atoms with E-state index in [2.05, 4.69) is 52.8 Å². The van der Waals surface area contributed by atoms with E-state index in [9.17, 15) is 9.90 Å². The molecule has 2 aliphatic rings. The highest BCUT2D eigenvalue weighted by molar-refractivity contribution is 6.31. The molecule has 10 nitrogen and oxygen atoms in total. The normalized spacial score (nSPS) is 21.8. The molecule has 0 aromatic carbocycles. The summed E-state index contributed by atoms with van der Waals surface area (Å²) in [5, 5.41) is 19.4. The number of β-amino-alcohol motifs (C(OH)–C–C–N with tert-alkyl or cyclic N) is 1. The van der Waals surface area contributed by atoms with Gasteiger partial charge in [-0.2, -0.15) is 0 Å². The first-order valence-corrected chi connectivity index (χ1v) is 15.7. The number of halogens is 1. The molecular formula is C31H55ClN6O4. The van der Waals surface area contributed by atoms with Crippen LogP contribution in [0.15, 0.2) is 40.9 Å². The minimum Gasteiger partial charge on any atom is -0.449 e. The van der Waals surface area contributed by atoms with E-state index < -0.39 is 5.60 Å². The van der Waals surface area contributed by atoms with Crippen LogP contribution in [0.25, 0.3) is 0 Å². The number of hydrogen-bond acceptors (Lipinski definition) is 9. The first-order valence-electron chi connectivity index (χ1n) is 15.3. The lowest BCUT2D eigenvalue weighted by Crippen LogP contribution is -2.53. The zero-order valence-corrected chi connectivity index (χ0v) is 27.1. The summed E-state index contributed by atoms with van der Waals surface area (Å²) >= 11 is 6.29. The lowest BCUT2D eigenvalue weighted by molar-refractivity contribution is -0.0695. The Morgan fingerprint density at radius 2 is 1.83 bits per heavy atom. The Hall–Kier alpha value is -1.79. The van der Waals surface area contributed by atoms with Crippen LogP contribution < -0.4 is 16.0 Å². The predicted molar refractivity (Wildman–Crippen MR) is 172 cm³/mol. The van der Waals surface area contributed by atoms with Gasteiger partial charge in [0.05, 0.1) is 18.8 Å². The molecule has 2 fully saturated rings. The van der Waals surface area contributed by atoms with E-state index in [4.69, 9.17) is 26.1 Å². The van der Waals surface area contributed by atoms with Gasteiger partial charge < -0.3 is 35.4 Å². The summed E-state index contributed by atoms with van der Waals surface area (Å²) in [6, 6.07) is 0. The third kappa shape index (κ3) is 14.1. The minimum atomic E-state index is -0.444. The number of carbonyl (C=O) groups excluding carboxylic acids is 1. The standard InChI is InChI=1S/C31H55ClN6O4/c1-7-28(32)19-25(3)29(18-24(2)20-38-12-8-27(9-13-38)21-41-30(40)33-6)36-26(4)42-31(5)22-34-10-14-37(16-17-39)15-11-35-23-31/h7,19,24,26-27,34-35,39H,1,3,8-18,20-23H2,2,4-6H3,(H,33,40)/b28-19+,36-29+. The van der Waals surface area contributed by atoms with Gasteiger partial charge in [-0.25, -0.2) is 4.79 Å². The number of aliphatic hydroxyl groups excluding tert-OH is 1. The number of amides is 1. The lowest BCUT2D eigenvalue weighted by Gasteiger charge is -2.35. The average Bonchev–Trinajstić information content (AvgIpc) is 2.96. The van der Waals surface area contributed by atoms with Crippen LogP contribution in [0.4, 0.5) is 4.79 Å². The second-order valence-corrected chi connectivity index (χ2v) is 12.3. The first kappa shape index (κ1) is 36.4. The van der Waals surface area contributed by atoms with E-state index in [1.165, 1.54) is 0 Å². The summed E-state index contributed by atoms with van der Waals surface area (Å²) in [5.41, 5.74) is 1.21. The SMILES string of the molecule is C=C/C(Cl)=C\C(=C)/C(CC(C)CN1CCC(COC(=O)NC)CC1)=N/C(C)OC1(C)CNCCN(CCO)CCNC1. The van der Waals surface area contributed by atoms with Crippen LogP contribution in [0, 0.1) is 11.8 Å². The van der Waals surface area contributed by atoms with Crippen molar-refractivity contribution in [3.8, 4) is 0 Å². The van der Waals surface area contributed by atoms with Crippen molar-refractivity contribution in [1.29, 1.82) is 0 Å². The number of hydrogen-bond donors (Lipinski definition) is 4. The summed E-state index contributed by atoms with van der Waals surface area (Å²) in [6.45, 7) is 23.4. The smallest absolute Gasteiger partial charge is 0.406 e. The van der Waals surface area contributed by atoms with Gasteiger partial charge in [-0.3, -0.25) is 9.89 Å². The lowest BCUT2D eigenvalue weighted by atomic mass is 9.94. The number of carbonyl (C=O) groups is 1. The van der Waals surface area contributed by atoms with Crippen LogP contribution in [0.5, 0.6) is 0 Å². The van der Waals surface area contributed by atoms with E-state index in [0.717, 1.165) is 76.4 Å². The van der Waals surface area contributed by atoms with Gasteiger partial charge in [0.25, 0.3) is 0 Å². The van der Waals surface area contributed by atoms with E-state index >= 15 is 0 Å². The van der Waals surface area contributed by atoms with Gasteiger partial charge in [-0.05, 0) is 69.7 Å². The molecule has 0 spiro atoms. The molecular weight excluding hydrogens is 556 g/mol. The Balaban J connectivity index is 2.00. The number of ether oxygens (including phenoxy) is 2. The van der Waals surface area contributed by atoms with Crippen molar-refractivity contribution < 1.29 is 19.4 Å². The average molecular weight is 611 g/mol. The van der Waals surface area contributed by atoms with E-state index in [-0.39, 0.29) is 18.9 Å². The largest absolute Gasteiger partial charge is 0.449 e. The molecule has 2 rings (SSSR count). The Bertz CT molecular complexity index is 894. The molecule has 2 aliphatic heterocycles. The van der Waals surface area contributed by atoms with Crippen molar-refractivity contribution in [1.82, 2.24) is 25.8 Å². The number of allylic oxidation sites excluding steroid dienone is 4. The Kier molecular flexibility index (Phi) is 16.9. The number of nitrogens with one attached hydrogen (secondary N) is 3. The van der Waals surface area contributed by atoms with Crippen molar-refractivity contribution in [2.75, 3.05) is 85.7 Å². The molecule has 2 atom stereocenters. The second kappa shape index (κ2) is 19.5. The molecule has 2 heterocycles. The number of rotatable bonds is 14. The van der Waals surface area contributed by atoms with Crippen LogP contribution in [0.3, 0.4) is 0 Å². The topological polar surface area (TPSA) is 111 Å². The second-order valence-electron chi connectivity index (χ2n) is 11.8. The molecule has 240 valence electrons. The van der Waals surface area contributed by atoms with E-state index in [1.54, 1.807) is 13.1 Å². The van der Waals surface area contributed by atoms with Gasteiger partial charge >= 0.3 is 6.09 Å². The Labute approximate surface area is 258 Å². The molecule has 0 saturated carbocycles. The fraction of sp³-hybridized carbons (Fsp3) is 0.742. The molecule has 42 heavy (non-hydrogen) atoms. The zero-order chi connectivity index (χ0) is 31.0. The molecule has 2 saturated heterocycles. The Morgan fingerprint density at radius 1 is 1.19 bits per heavy atom. The summed E-state index contributed by atoms with van der Waals surface area (Å²) in [7, 11) is 1.58. The van der Waals surface area contributed by atoms with Crippen molar-refractivity contribution >= 4 is 23.4 Å². The summed E-state index contributed by atoms with van der Waals surface area (Å²) < 4.78 is 11.8. The maximum absolute atomic E-state index is 11.4. The number of likely N-dealkylation sites (tertiary alicyclic amines) is 1. The first-order chi connectivity index (χ1) is 20.1. The van der Waals surface area contributed by atoms with Crippen LogP contribution in [-0.4, -0.2) is 124 Å². The zero-order valence-electron chi connectivity index (χ0n) is 26.3. The van der Waals surface area contributed by atoms with Gasteiger partial charge in [0.1, 0.15) is 6.23 Å². The van der Waals surface area contributed by atoms with Crippen LogP contribution in [-0.2, 0) is 9.47 Å². The van der Waals surface area contributed by atoms with Gasteiger partial charge in [0.15, 0.2) is 0 Å². The fourth-order valence-electron chi connectivity index (χ4n) is 5.47. The number of aliphatic hydroxyl groups is 1. The Morgan fingerprint density at radius 3 is 2.40 bits per heavy atom. The summed E-state index contributed by atoms with van der Waals surface area (Å²) in [4.78, 5) is 21.2. The summed E-state index contributed by atoms with van der Waals surface area (Å²) in [5.74, 6) is 0.749. The molecule has 4 N–H and O–H groups in total. The van der Waals surface area contributed by atoms with E-state index in [0.29, 0.717) is 43.1 Å². The third-order valence-electron chi connectivity index (χ3n) is 7.77. The predicted octanol–water partition coefficient (Wildman–Crippen LogP) is 2.99. The summed E-state index contributed by atoms with van der Waals surface area (Å²) in [6.07, 6.45) is 5.45. The van der Waals surface area contributed by atoms with Gasteiger partial charge in [0, 0.05) is 70.1 Å². The number of alkyl carbamates (subject to hydrolysis) is 1. The molecule has 0 aromatic rings.